The van der Waals surface area contributed by atoms with Crippen LogP contribution >= 0.6 is 0 Å². The number of halogens is 3. The summed E-state index contributed by atoms with van der Waals surface area (Å²) < 4.78 is 45.5. The number of aliphatic hydroxyl groups is 1. The van der Waals surface area contributed by atoms with Gasteiger partial charge in [-0.1, -0.05) is 13.8 Å². The first-order valence-electron chi connectivity index (χ1n) is 7.54. The number of benzene rings is 1. The Balaban J connectivity index is 1.92. The van der Waals surface area contributed by atoms with Gasteiger partial charge in [-0.3, -0.25) is 5.43 Å². The average molecular weight is 341 g/mol. The molecular formula is C16H18F3N3O2. The van der Waals surface area contributed by atoms with E-state index in [0.717, 1.165) is 6.07 Å². The van der Waals surface area contributed by atoms with Crippen LogP contribution in [-0.4, -0.2) is 29.7 Å². The zero-order chi connectivity index (χ0) is 17.5. The molecule has 0 spiro atoms. The van der Waals surface area contributed by atoms with Gasteiger partial charge in [-0.2, -0.15) is 13.2 Å². The number of nitrogens with zero attached hydrogens (tertiary/aromatic N) is 2. The maximum Gasteiger partial charge on any atom is 0.418 e. The van der Waals surface area contributed by atoms with E-state index in [9.17, 15) is 18.3 Å². The van der Waals surface area contributed by atoms with Gasteiger partial charge >= 0.3 is 6.18 Å². The lowest BCUT2D eigenvalue weighted by molar-refractivity contribution is -0.137. The third kappa shape index (κ3) is 2.93. The van der Waals surface area contributed by atoms with Crippen LogP contribution in [0.1, 0.15) is 25.0 Å². The number of anilines is 1. The molecule has 24 heavy (non-hydrogen) atoms. The highest BCUT2D eigenvalue weighted by Gasteiger charge is 2.46. The van der Waals surface area contributed by atoms with Crippen molar-refractivity contribution in [3.05, 3.63) is 41.8 Å². The van der Waals surface area contributed by atoms with Gasteiger partial charge < -0.3 is 14.7 Å². The highest BCUT2D eigenvalue weighted by molar-refractivity contribution is 5.95. The summed E-state index contributed by atoms with van der Waals surface area (Å²) in [5.41, 5.74) is 1.09. The van der Waals surface area contributed by atoms with Crippen LogP contribution in [-0.2, 0) is 10.9 Å². The molecule has 5 nitrogen and oxygen atoms in total. The molecule has 1 fully saturated rings. The molecule has 0 atom stereocenters. The van der Waals surface area contributed by atoms with E-state index in [1.54, 1.807) is 0 Å². The van der Waals surface area contributed by atoms with E-state index in [4.69, 9.17) is 4.74 Å². The Morgan fingerprint density at radius 3 is 2.58 bits per heavy atom. The Kier molecular flexibility index (Phi) is 3.95. The molecule has 2 heterocycles. The van der Waals surface area contributed by atoms with Crippen LogP contribution in [0.3, 0.4) is 0 Å². The van der Waals surface area contributed by atoms with Crippen LogP contribution in [0.4, 0.5) is 18.9 Å². The molecule has 0 unspecified atom stereocenters. The molecule has 2 N–H and O–H groups in total. The van der Waals surface area contributed by atoms with Gasteiger partial charge in [0.05, 0.1) is 11.8 Å². The molecule has 2 aliphatic rings. The largest absolute Gasteiger partial charge is 0.443 e. The van der Waals surface area contributed by atoms with Crippen LogP contribution in [0, 0.1) is 5.92 Å². The third-order valence-corrected chi connectivity index (χ3v) is 4.38. The number of hydrazone groups is 1. The van der Waals surface area contributed by atoms with Crippen LogP contribution in [0.5, 0.6) is 0 Å². The van der Waals surface area contributed by atoms with Crippen molar-refractivity contribution in [3.63, 3.8) is 0 Å². The average Bonchev–Trinajstić information content (AvgIpc) is 2.51. The van der Waals surface area contributed by atoms with E-state index in [2.05, 4.69) is 10.5 Å². The molecule has 0 saturated carbocycles. The quantitative estimate of drug-likeness (QED) is 0.888. The van der Waals surface area contributed by atoms with Crippen molar-refractivity contribution in [2.24, 2.45) is 11.0 Å². The van der Waals surface area contributed by atoms with Gasteiger partial charge in [0.2, 0.25) is 5.90 Å². The fourth-order valence-electron chi connectivity index (χ4n) is 2.71. The highest BCUT2D eigenvalue weighted by atomic mass is 19.4. The van der Waals surface area contributed by atoms with E-state index in [-0.39, 0.29) is 36.2 Å². The molecular weight excluding hydrogens is 323 g/mol. The summed E-state index contributed by atoms with van der Waals surface area (Å²) in [6, 6.07) is 3.93. The second-order valence-electron chi connectivity index (χ2n) is 6.31. The molecule has 0 aliphatic carbocycles. The maximum atomic E-state index is 13.5. The SMILES string of the molecule is CC(C)C1(O)CN(c2ccc(C3=NNC=CO3)cc2C(F)(F)F)C1. The van der Waals surface area contributed by atoms with Crippen LogP contribution in [0.15, 0.2) is 35.8 Å². The van der Waals surface area contributed by atoms with E-state index < -0.39 is 17.3 Å². The minimum atomic E-state index is -4.52. The second-order valence-corrected chi connectivity index (χ2v) is 6.31. The van der Waals surface area contributed by atoms with Gasteiger partial charge in [-0.05, 0) is 24.1 Å². The number of nitrogens with one attached hydrogen (secondary N) is 1. The number of hydrogen-bond acceptors (Lipinski definition) is 5. The van der Waals surface area contributed by atoms with Crippen molar-refractivity contribution in [1.29, 1.82) is 0 Å². The minimum Gasteiger partial charge on any atom is -0.443 e. The predicted octanol–water partition coefficient (Wildman–Crippen LogP) is 2.67. The monoisotopic (exact) mass is 341 g/mol. The Morgan fingerprint density at radius 1 is 1.33 bits per heavy atom. The predicted molar refractivity (Wildman–Crippen MR) is 83.3 cm³/mol. The minimum absolute atomic E-state index is 0.0229. The van der Waals surface area contributed by atoms with Gasteiger partial charge in [-0.25, -0.2) is 0 Å². The smallest absolute Gasteiger partial charge is 0.418 e. The summed E-state index contributed by atoms with van der Waals surface area (Å²) >= 11 is 0. The zero-order valence-corrected chi connectivity index (χ0v) is 13.3. The van der Waals surface area contributed by atoms with Gasteiger partial charge in [0.25, 0.3) is 0 Å². The van der Waals surface area contributed by atoms with Gasteiger partial charge in [0.15, 0.2) is 0 Å². The highest BCUT2D eigenvalue weighted by Crippen LogP contribution is 2.41. The van der Waals surface area contributed by atoms with Crippen LogP contribution < -0.4 is 10.3 Å². The summed E-state index contributed by atoms with van der Waals surface area (Å²) in [6.07, 6.45) is -1.79. The summed E-state index contributed by atoms with van der Waals surface area (Å²) in [5.74, 6) is 0.0436. The molecule has 0 bridgehead atoms. The Morgan fingerprint density at radius 2 is 2.04 bits per heavy atom. The van der Waals surface area contributed by atoms with Crippen molar-refractivity contribution in [2.75, 3.05) is 18.0 Å². The zero-order valence-electron chi connectivity index (χ0n) is 13.3. The van der Waals surface area contributed by atoms with Gasteiger partial charge in [0, 0.05) is 24.3 Å². The number of β-amino-alcohol motifs (C(OH)–C–C–N with tert-alkyl or cyclic N) is 1. The lowest BCUT2D eigenvalue weighted by Gasteiger charge is -2.50. The van der Waals surface area contributed by atoms with Crippen molar-refractivity contribution in [2.45, 2.75) is 25.6 Å². The number of rotatable bonds is 3. The Bertz CT molecular complexity index is 692. The normalized spacial score (nSPS) is 19.5. The topological polar surface area (TPSA) is 57.1 Å². The molecule has 0 radical (unpaired) electrons. The first kappa shape index (κ1) is 16.6. The van der Waals surface area contributed by atoms with E-state index in [1.807, 2.05) is 13.8 Å². The lowest BCUT2D eigenvalue weighted by atomic mass is 9.82. The number of alkyl halides is 3. The summed E-state index contributed by atoms with van der Waals surface area (Å²) in [7, 11) is 0. The van der Waals surface area contributed by atoms with Crippen molar-refractivity contribution in [1.82, 2.24) is 5.43 Å². The Hall–Kier alpha value is -2.22. The molecule has 1 aromatic carbocycles. The molecule has 3 rings (SSSR count). The molecule has 1 aromatic rings. The molecule has 1 saturated heterocycles. The summed E-state index contributed by atoms with van der Waals surface area (Å²) in [5, 5.41) is 14.1. The fraction of sp³-hybridized carbons (Fsp3) is 0.438. The van der Waals surface area contributed by atoms with Crippen molar-refractivity contribution < 1.29 is 23.0 Å². The number of ether oxygens (including phenoxy) is 1. The second kappa shape index (κ2) is 5.70. The molecule has 130 valence electrons. The van der Waals surface area contributed by atoms with Crippen molar-refractivity contribution >= 4 is 11.6 Å². The number of hydrogen-bond donors (Lipinski definition) is 2. The first-order valence-corrected chi connectivity index (χ1v) is 7.54. The molecule has 8 heteroatoms. The Labute approximate surface area is 137 Å². The molecule has 0 amide bonds. The van der Waals surface area contributed by atoms with E-state index in [0.29, 0.717) is 0 Å². The van der Waals surface area contributed by atoms with Crippen molar-refractivity contribution in [3.8, 4) is 0 Å². The van der Waals surface area contributed by atoms with Crippen LogP contribution in [0.2, 0.25) is 0 Å². The van der Waals surface area contributed by atoms with E-state index >= 15 is 0 Å². The van der Waals surface area contributed by atoms with Gasteiger partial charge in [-0.15, -0.1) is 5.10 Å². The maximum absolute atomic E-state index is 13.5. The van der Waals surface area contributed by atoms with E-state index in [1.165, 1.54) is 29.5 Å². The fourth-order valence-corrected chi connectivity index (χ4v) is 2.71. The molecule has 2 aliphatic heterocycles. The third-order valence-electron chi connectivity index (χ3n) is 4.38. The van der Waals surface area contributed by atoms with Crippen LogP contribution in [0.25, 0.3) is 0 Å². The summed E-state index contributed by atoms with van der Waals surface area (Å²) in [6.45, 7) is 4.05. The van der Waals surface area contributed by atoms with Gasteiger partial charge in [0.1, 0.15) is 11.9 Å². The summed E-state index contributed by atoms with van der Waals surface area (Å²) in [4.78, 5) is 1.54. The lowest BCUT2D eigenvalue weighted by Crippen LogP contribution is -2.65. The molecule has 0 aromatic heterocycles. The standard InChI is InChI=1S/C16H18F3N3O2/c1-10(2)15(23)8-22(9-15)13-4-3-11(7-12(13)16(17,18)19)14-21-20-5-6-24-14/h3-7,10,20,23H,8-9H2,1-2H3. The first-order chi connectivity index (χ1) is 11.2.